The zero-order valence-corrected chi connectivity index (χ0v) is 21.6. The Labute approximate surface area is 229 Å². The van der Waals surface area contributed by atoms with Crippen LogP contribution in [0.25, 0.3) is 21.8 Å². The highest BCUT2D eigenvalue weighted by Crippen LogP contribution is 2.27. The average molecular weight is 545 g/mol. The number of aryl methyl sites for hydroxylation is 1. The summed E-state index contributed by atoms with van der Waals surface area (Å²) in [5.74, 6) is -0.704. The van der Waals surface area contributed by atoms with Crippen molar-refractivity contribution in [3.63, 3.8) is 0 Å². The van der Waals surface area contributed by atoms with Crippen molar-refractivity contribution < 1.29 is 29.3 Å². The van der Waals surface area contributed by atoms with E-state index in [9.17, 15) is 14.7 Å². The monoisotopic (exact) mass is 544 g/mol. The molecular formula is C30H25ClN2O6. The number of rotatable bonds is 11. The Morgan fingerprint density at radius 2 is 1.64 bits per heavy atom. The van der Waals surface area contributed by atoms with Crippen molar-refractivity contribution in [1.82, 2.24) is 9.55 Å². The lowest BCUT2D eigenvalue weighted by atomic mass is 10.2. The Bertz CT molecular complexity index is 1680. The molecule has 0 saturated carbocycles. The number of halogens is 1. The number of aromatic nitrogens is 2. The van der Waals surface area contributed by atoms with Crippen molar-refractivity contribution >= 4 is 45.3 Å². The summed E-state index contributed by atoms with van der Waals surface area (Å²) in [5.41, 5.74) is 3.33. The van der Waals surface area contributed by atoms with Gasteiger partial charge in [-0.3, -0.25) is 4.79 Å². The third-order valence-corrected chi connectivity index (χ3v) is 6.50. The van der Waals surface area contributed by atoms with Gasteiger partial charge >= 0.3 is 11.9 Å². The van der Waals surface area contributed by atoms with Crippen molar-refractivity contribution in [1.29, 1.82) is 0 Å². The zero-order valence-electron chi connectivity index (χ0n) is 20.8. The molecule has 0 aliphatic heterocycles. The first-order valence-corrected chi connectivity index (χ1v) is 12.7. The molecule has 0 amide bonds. The van der Waals surface area contributed by atoms with E-state index >= 15 is 0 Å². The Balaban J connectivity index is 1.24. The van der Waals surface area contributed by atoms with E-state index in [4.69, 9.17) is 26.2 Å². The predicted octanol–water partition coefficient (Wildman–Crippen LogP) is 6.56. The van der Waals surface area contributed by atoms with Crippen LogP contribution in [0.4, 0.5) is 0 Å². The third-order valence-electron chi connectivity index (χ3n) is 6.27. The largest absolute Gasteiger partial charge is 0.489 e. The maximum Gasteiger partial charge on any atom is 0.352 e. The number of carboxylic acid groups (broad SMARTS) is 2. The van der Waals surface area contributed by atoms with E-state index in [-0.39, 0.29) is 12.1 Å². The molecule has 3 aromatic carbocycles. The summed E-state index contributed by atoms with van der Waals surface area (Å²) in [6.45, 7) is 0.895. The molecule has 0 fully saturated rings. The van der Waals surface area contributed by atoms with Crippen LogP contribution in [0.5, 0.6) is 11.5 Å². The number of fused-ring (bicyclic) bond motifs is 2. The highest BCUT2D eigenvalue weighted by atomic mass is 35.5. The van der Waals surface area contributed by atoms with Crippen molar-refractivity contribution in [2.24, 2.45) is 0 Å². The quantitative estimate of drug-likeness (QED) is 0.193. The number of hydrogen-bond donors (Lipinski definition) is 2. The summed E-state index contributed by atoms with van der Waals surface area (Å²) in [4.78, 5) is 27.2. The average Bonchev–Trinajstić information content (AvgIpc) is 3.28. The van der Waals surface area contributed by atoms with Crippen LogP contribution in [-0.2, 0) is 24.6 Å². The fourth-order valence-corrected chi connectivity index (χ4v) is 4.57. The molecule has 2 N–H and O–H groups in total. The second kappa shape index (κ2) is 11.4. The third kappa shape index (κ3) is 6.30. The van der Waals surface area contributed by atoms with Crippen molar-refractivity contribution in [2.75, 3.05) is 0 Å². The van der Waals surface area contributed by atoms with E-state index in [1.54, 1.807) is 28.8 Å². The van der Waals surface area contributed by atoms with E-state index < -0.39 is 11.9 Å². The molecule has 0 aliphatic carbocycles. The van der Waals surface area contributed by atoms with Crippen molar-refractivity contribution in [3.8, 4) is 11.5 Å². The fourth-order valence-electron chi connectivity index (χ4n) is 4.41. The van der Waals surface area contributed by atoms with E-state index in [1.165, 1.54) is 0 Å². The number of pyridine rings is 1. The Hall–Kier alpha value is -4.56. The molecule has 5 aromatic rings. The van der Waals surface area contributed by atoms with Gasteiger partial charge in [0.15, 0.2) is 0 Å². The number of ether oxygens (including phenoxy) is 2. The van der Waals surface area contributed by atoms with Crippen molar-refractivity contribution in [3.05, 3.63) is 101 Å². The van der Waals surface area contributed by atoms with Crippen LogP contribution in [0.1, 0.15) is 34.6 Å². The summed E-state index contributed by atoms with van der Waals surface area (Å²) in [6, 6.07) is 24.0. The highest BCUT2D eigenvalue weighted by Gasteiger charge is 2.15. The molecule has 0 saturated heterocycles. The molecule has 0 spiro atoms. The van der Waals surface area contributed by atoms with Crippen molar-refractivity contribution in [2.45, 2.75) is 32.6 Å². The molecule has 0 aliphatic rings. The highest BCUT2D eigenvalue weighted by molar-refractivity contribution is 6.31. The van der Waals surface area contributed by atoms with Crippen LogP contribution >= 0.6 is 11.6 Å². The number of aromatic carboxylic acids is 1. The van der Waals surface area contributed by atoms with Crippen LogP contribution < -0.4 is 9.47 Å². The van der Waals surface area contributed by atoms with E-state index in [0.717, 1.165) is 22.2 Å². The molecule has 0 radical (unpaired) electrons. The van der Waals surface area contributed by atoms with Gasteiger partial charge in [0.1, 0.15) is 30.4 Å². The second-order valence-corrected chi connectivity index (χ2v) is 9.51. The van der Waals surface area contributed by atoms with Gasteiger partial charge in [0.25, 0.3) is 0 Å². The normalized spacial score (nSPS) is 11.1. The zero-order chi connectivity index (χ0) is 27.4. The molecule has 39 heavy (non-hydrogen) atoms. The summed E-state index contributed by atoms with van der Waals surface area (Å²) >= 11 is 6.09. The van der Waals surface area contributed by atoms with Gasteiger partial charge < -0.3 is 24.3 Å². The number of hydrogen-bond acceptors (Lipinski definition) is 5. The predicted molar refractivity (Wildman–Crippen MR) is 148 cm³/mol. The summed E-state index contributed by atoms with van der Waals surface area (Å²) in [5, 5.41) is 20.9. The molecule has 2 heterocycles. The standard InChI is InChI=1S/C30H25ClN2O6/c31-22-8-6-20-7-9-23(32-26(20)16-22)18-39-24-4-1-3-19(13-24)17-38-25-10-11-27-21(14-25)15-28(30(36)37)33(27)12-2-5-29(34)35/h1,3-4,6-11,13-16H,2,5,12,17-18H2,(H,34,35)(H,36,37). The molecule has 8 nitrogen and oxygen atoms in total. The van der Waals surface area contributed by atoms with E-state index in [2.05, 4.69) is 4.98 Å². The number of carboxylic acids is 2. The van der Waals surface area contributed by atoms with Crippen LogP contribution in [0.2, 0.25) is 5.02 Å². The first kappa shape index (κ1) is 26.1. The molecule has 0 atom stereocenters. The van der Waals surface area contributed by atoms with Gasteiger partial charge in [0.05, 0.1) is 11.2 Å². The van der Waals surface area contributed by atoms with Gasteiger partial charge in [-0.1, -0.05) is 35.9 Å². The van der Waals surface area contributed by atoms with Crippen LogP contribution in [-0.4, -0.2) is 31.7 Å². The van der Waals surface area contributed by atoms with Gasteiger partial charge in [-0.2, -0.15) is 0 Å². The van der Waals surface area contributed by atoms with E-state index in [1.807, 2.05) is 54.6 Å². The van der Waals surface area contributed by atoms with Gasteiger partial charge in [-0.15, -0.1) is 0 Å². The first-order chi connectivity index (χ1) is 18.9. The SMILES string of the molecule is O=C(O)CCCn1c(C(=O)O)cc2cc(OCc3cccc(OCc4ccc5ccc(Cl)cc5n4)c3)ccc21. The lowest BCUT2D eigenvalue weighted by Crippen LogP contribution is -2.09. The lowest BCUT2D eigenvalue weighted by Gasteiger charge is -2.11. The number of aliphatic carboxylic acids is 1. The second-order valence-electron chi connectivity index (χ2n) is 9.07. The summed E-state index contributed by atoms with van der Waals surface area (Å²) in [7, 11) is 0. The van der Waals surface area contributed by atoms with Crippen LogP contribution in [0.3, 0.4) is 0 Å². The van der Waals surface area contributed by atoms with Gasteiger partial charge in [0.2, 0.25) is 0 Å². The van der Waals surface area contributed by atoms with Crippen LogP contribution in [0, 0.1) is 0 Å². The van der Waals surface area contributed by atoms with Crippen LogP contribution in [0.15, 0.2) is 78.9 Å². The Morgan fingerprint density at radius 3 is 2.46 bits per heavy atom. The molecule has 5 rings (SSSR count). The Kier molecular flexibility index (Phi) is 7.65. The topological polar surface area (TPSA) is 111 Å². The number of carbonyl (C=O) groups is 2. The molecule has 2 aromatic heterocycles. The minimum absolute atomic E-state index is 0.0314. The first-order valence-electron chi connectivity index (χ1n) is 12.3. The number of benzene rings is 3. The molecule has 0 bridgehead atoms. The smallest absolute Gasteiger partial charge is 0.352 e. The molecule has 0 unspecified atom stereocenters. The van der Waals surface area contributed by atoms with Gasteiger partial charge in [0, 0.05) is 34.3 Å². The summed E-state index contributed by atoms with van der Waals surface area (Å²) in [6.07, 6.45) is 0.303. The lowest BCUT2D eigenvalue weighted by molar-refractivity contribution is -0.137. The maximum absolute atomic E-state index is 11.7. The van der Waals surface area contributed by atoms with Gasteiger partial charge in [-0.25, -0.2) is 9.78 Å². The number of nitrogens with zero attached hydrogens (tertiary/aromatic N) is 2. The Morgan fingerprint density at radius 1 is 0.846 bits per heavy atom. The minimum Gasteiger partial charge on any atom is -0.489 e. The van der Waals surface area contributed by atoms with E-state index in [0.29, 0.717) is 53.6 Å². The molecular weight excluding hydrogens is 520 g/mol. The molecule has 9 heteroatoms. The molecule has 198 valence electrons. The van der Waals surface area contributed by atoms with Gasteiger partial charge in [-0.05, 0) is 66.6 Å². The maximum atomic E-state index is 11.7. The fraction of sp³-hybridized carbons (Fsp3) is 0.167. The summed E-state index contributed by atoms with van der Waals surface area (Å²) < 4.78 is 13.6. The minimum atomic E-state index is -1.07.